The fraction of sp³-hybridized carbons (Fsp3) is 0.0588. The maximum atomic E-state index is 5.91. The summed E-state index contributed by atoms with van der Waals surface area (Å²) < 4.78 is 1.81. The fourth-order valence-electron chi connectivity index (χ4n) is 2.61. The van der Waals surface area contributed by atoms with Gasteiger partial charge in [-0.05, 0) is 29.8 Å². The summed E-state index contributed by atoms with van der Waals surface area (Å²) in [4.78, 5) is 12.8. The molecule has 4 rings (SSSR count). The molecule has 0 amide bonds. The zero-order valence-corrected chi connectivity index (χ0v) is 12.8. The topological polar surface area (TPSA) is 109 Å². The van der Waals surface area contributed by atoms with Gasteiger partial charge >= 0.3 is 0 Å². The summed E-state index contributed by atoms with van der Waals surface area (Å²) in [6.45, 7) is 0.579. The number of nitrogens with zero attached hydrogens (tertiary/aromatic N) is 5. The van der Waals surface area contributed by atoms with Crippen molar-refractivity contribution in [1.82, 2.24) is 24.7 Å². The number of pyridine rings is 1. The van der Waals surface area contributed by atoms with E-state index >= 15 is 0 Å². The minimum absolute atomic E-state index is 0.216. The van der Waals surface area contributed by atoms with Gasteiger partial charge in [0.25, 0.3) is 0 Å². The number of hydrogen-bond donors (Lipinski definition) is 2. The molecule has 4 N–H and O–H groups in total. The van der Waals surface area contributed by atoms with E-state index in [4.69, 9.17) is 11.5 Å². The van der Waals surface area contributed by atoms with Gasteiger partial charge in [0.1, 0.15) is 0 Å². The maximum absolute atomic E-state index is 5.91. The van der Waals surface area contributed by atoms with Crippen molar-refractivity contribution in [3.05, 3.63) is 60.6 Å². The molecule has 0 atom stereocenters. The quantitative estimate of drug-likeness (QED) is 0.560. The highest BCUT2D eigenvalue weighted by Crippen LogP contribution is 2.26. The molecule has 7 heteroatoms. The molecule has 3 aromatic heterocycles. The van der Waals surface area contributed by atoms with Crippen LogP contribution in [0.1, 0.15) is 5.56 Å². The molecule has 0 fully saturated rings. The Morgan fingerprint density at radius 2 is 1.67 bits per heavy atom. The maximum Gasteiger partial charge on any atom is 0.222 e. The molecule has 0 spiro atoms. The standard InChI is InChI=1S/C17H15N7/c18-13-3-1-11(2-4-13)10-24-16-14(9-21-24)15(22-17(19)23-16)12-5-7-20-8-6-12/h1-9H,10,18H2,(H2,19,22,23). The molecule has 0 saturated heterocycles. The van der Waals surface area contributed by atoms with E-state index in [0.717, 1.165) is 27.9 Å². The monoisotopic (exact) mass is 317 g/mol. The van der Waals surface area contributed by atoms with Crippen LogP contribution in [0.4, 0.5) is 11.6 Å². The highest BCUT2D eigenvalue weighted by atomic mass is 15.3. The van der Waals surface area contributed by atoms with Gasteiger partial charge in [0.05, 0.1) is 23.8 Å². The van der Waals surface area contributed by atoms with Crippen molar-refractivity contribution in [2.75, 3.05) is 11.5 Å². The van der Waals surface area contributed by atoms with Crippen molar-refractivity contribution in [1.29, 1.82) is 0 Å². The first kappa shape index (κ1) is 14.1. The molecule has 0 saturated carbocycles. The molecule has 4 aromatic rings. The van der Waals surface area contributed by atoms with E-state index in [0.29, 0.717) is 12.2 Å². The number of hydrogen-bond acceptors (Lipinski definition) is 6. The average molecular weight is 317 g/mol. The van der Waals surface area contributed by atoms with E-state index in [2.05, 4.69) is 20.1 Å². The smallest absolute Gasteiger partial charge is 0.222 e. The van der Waals surface area contributed by atoms with E-state index in [1.807, 2.05) is 41.1 Å². The Bertz CT molecular complexity index is 991. The van der Waals surface area contributed by atoms with Crippen molar-refractivity contribution < 1.29 is 0 Å². The first-order valence-electron chi connectivity index (χ1n) is 7.44. The lowest BCUT2D eigenvalue weighted by molar-refractivity contribution is 0.704. The Morgan fingerprint density at radius 3 is 2.42 bits per heavy atom. The van der Waals surface area contributed by atoms with Crippen LogP contribution in [-0.2, 0) is 6.54 Å². The van der Waals surface area contributed by atoms with E-state index < -0.39 is 0 Å². The Labute approximate surface area is 138 Å². The third-order valence-corrected chi connectivity index (χ3v) is 3.78. The van der Waals surface area contributed by atoms with Crippen LogP contribution in [0.5, 0.6) is 0 Å². The zero-order chi connectivity index (χ0) is 16.5. The lowest BCUT2D eigenvalue weighted by atomic mass is 10.1. The molecule has 0 bridgehead atoms. The largest absolute Gasteiger partial charge is 0.399 e. The molecule has 7 nitrogen and oxygen atoms in total. The summed E-state index contributed by atoms with van der Waals surface area (Å²) in [6.07, 6.45) is 5.21. The van der Waals surface area contributed by atoms with Gasteiger partial charge in [-0.3, -0.25) is 4.98 Å². The van der Waals surface area contributed by atoms with Gasteiger partial charge in [-0.1, -0.05) is 12.1 Å². The van der Waals surface area contributed by atoms with Crippen LogP contribution in [0, 0.1) is 0 Å². The fourth-order valence-corrected chi connectivity index (χ4v) is 2.61. The van der Waals surface area contributed by atoms with Crippen LogP contribution in [0.3, 0.4) is 0 Å². The van der Waals surface area contributed by atoms with Gasteiger partial charge in [0.2, 0.25) is 5.95 Å². The van der Waals surface area contributed by atoms with Crippen LogP contribution in [-0.4, -0.2) is 24.7 Å². The molecule has 24 heavy (non-hydrogen) atoms. The number of benzene rings is 1. The van der Waals surface area contributed by atoms with Crippen LogP contribution in [0.15, 0.2) is 55.0 Å². The summed E-state index contributed by atoms with van der Waals surface area (Å²) in [7, 11) is 0. The van der Waals surface area contributed by atoms with Crippen molar-refractivity contribution in [2.45, 2.75) is 6.54 Å². The number of anilines is 2. The third-order valence-electron chi connectivity index (χ3n) is 3.78. The summed E-state index contributed by atoms with van der Waals surface area (Å²) in [5.74, 6) is 0.216. The normalized spacial score (nSPS) is 11.0. The molecule has 0 aliphatic carbocycles. The summed E-state index contributed by atoms with van der Waals surface area (Å²) in [6, 6.07) is 11.4. The van der Waals surface area contributed by atoms with Crippen LogP contribution in [0.2, 0.25) is 0 Å². The molecular weight excluding hydrogens is 302 g/mol. The number of nitrogen functional groups attached to an aromatic ring is 2. The first-order chi connectivity index (χ1) is 11.7. The molecular formula is C17H15N7. The number of nitrogens with two attached hydrogens (primary N) is 2. The minimum Gasteiger partial charge on any atom is -0.399 e. The van der Waals surface area contributed by atoms with E-state index in [1.165, 1.54) is 0 Å². The molecule has 0 aliphatic heterocycles. The highest BCUT2D eigenvalue weighted by Gasteiger charge is 2.13. The van der Waals surface area contributed by atoms with Crippen molar-refractivity contribution >= 4 is 22.7 Å². The summed E-state index contributed by atoms with van der Waals surface area (Å²) in [5, 5.41) is 5.30. The number of aromatic nitrogens is 5. The highest BCUT2D eigenvalue weighted by molar-refractivity contribution is 5.90. The molecule has 3 heterocycles. The zero-order valence-electron chi connectivity index (χ0n) is 12.8. The summed E-state index contributed by atoms with van der Waals surface area (Å²) in [5.41, 5.74) is 15.8. The summed E-state index contributed by atoms with van der Waals surface area (Å²) >= 11 is 0. The molecule has 0 radical (unpaired) electrons. The van der Waals surface area contributed by atoms with E-state index in [-0.39, 0.29) is 5.95 Å². The Morgan fingerprint density at radius 1 is 0.917 bits per heavy atom. The minimum atomic E-state index is 0.216. The predicted octanol–water partition coefficient (Wildman–Crippen LogP) is 2.10. The van der Waals surface area contributed by atoms with Crippen LogP contribution < -0.4 is 11.5 Å². The second-order valence-electron chi connectivity index (χ2n) is 5.45. The molecule has 0 aliphatic rings. The van der Waals surface area contributed by atoms with Gasteiger partial charge < -0.3 is 11.5 Å². The van der Waals surface area contributed by atoms with Gasteiger partial charge in [0.15, 0.2) is 5.65 Å². The number of fused-ring (bicyclic) bond motifs is 1. The predicted molar refractivity (Wildman–Crippen MR) is 92.9 cm³/mol. The van der Waals surface area contributed by atoms with Gasteiger partial charge in [0, 0.05) is 23.6 Å². The lowest BCUT2D eigenvalue weighted by Gasteiger charge is -2.06. The van der Waals surface area contributed by atoms with Crippen LogP contribution in [0.25, 0.3) is 22.3 Å². The van der Waals surface area contributed by atoms with Gasteiger partial charge in [-0.25, -0.2) is 9.67 Å². The van der Waals surface area contributed by atoms with Crippen molar-refractivity contribution in [3.8, 4) is 11.3 Å². The van der Waals surface area contributed by atoms with Crippen LogP contribution >= 0.6 is 0 Å². The molecule has 1 aromatic carbocycles. The van der Waals surface area contributed by atoms with E-state index in [1.54, 1.807) is 18.6 Å². The van der Waals surface area contributed by atoms with Crippen molar-refractivity contribution in [2.24, 2.45) is 0 Å². The third kappa shape index (κ3) is 2.52. The number of rotatable bonds is 3. The SMILES string of the molecule is Nc1ccc(Cn2ncc3c(-c4ccncc4)nc(N)nc32)cc1. The van der Waals surface area contributed by atoms with Gasteiger partial charge in [-0.2, -0.15) is 10.1 Å². The average Bonchev–Trinajstić information content (AvgIpc) is 3.00. The second-order valence-corrected chi connectivity index (χ2v) is 5.45. The Hall–Kier alpha value is -3.48. The lowest BCUT2D eigenvalue weighted by Crippen LogP contribution is -2.05. The Kier molecular flexibility index (Phi) is 3.31. The van der Waals surface area contributed by atoms with E-state index in [9.17, 15) is 0 Å². The molecule has 118 valence electrons. The first-order valence-corrected chi connectivity index (χ1v) is 7.44. The Balaban J connectivity index is 1.82. The van der Waals surface area contributed by atoms with Gasteiger partial charge in [-0.15, -0.1) is 0 Å². The van der Waals surface area contributed by atoms with Crippen molar-refractivity contribution in [3.63, 3.8) is 0 Å². The second kappa shape index (κ2) is 5.62. The molecule has 0 unspecified atom stereocenters.